The smallest absolute Gasteiger partial charge is 0.0499 e. The first-order chi connectivity index (χ1) is 10.2. The van der Waals surface area contributed by atoms with Crippen molar-refractivity contribution < 1.29 is 5.11 Å². The monoisotopic (exact) mass is 294 g/mol. The second kappa shape index (κ2) is 6.97. The van der Waals surface area contributed by atoms with E-state index < -0.39 is 0 Å². The van der Waals surface area contributed by atoms with Crippen LogP contribution < -0.4 is 0 Å². The van der Waals surface area contributed by atoms with Gasteiger partial charge in [0.2, 0.25) is 0 Å². The Kier molecular flexibility index (Phi) is 5.23. The molecule has 2 atom stereocenters. The summed E-state index contributed by atoms with van der Waals surface area (Å²) in [5.74, 6) is 0. The Morgan fingerprint density at radius 1 is 1.00 bits per heavy atom. The molecule has 1 saturated carbocycles. The molecule has 122 valence electrons. The van der Waals surface area contributed by atoms with E-state index in [0.29, 0.717) is 12.6 Å². The Labute approximate surface area is 130 Å². The zero-order chi connectivity index (χ0) is 14.7. The molecule has 3 fully saturated rings. The maximum atomic E-state index is 10.1. The number of hydrogen-bond donors (Lipinski definition) is 1. The van der Waals surface area contributed by atoms with Gasteiger partial charge in [-0.2, -0.15) is 0 Å². The third-order valence-electron chi connectivity index (χ3n) is 6.35. The quantitative estimate of drug-likeness (QED) is 0.811. The van der Waals surface area contributed by atoms with Gasteiger partial charge in [0.1, 0.15) is 0 Å². The minimum atomic E-state index is 0.196. The molecule has 3 nitrogen and oxygen atoms in total. The second-order valence-corrected chi connectivity index (χ2v) is 8.00. The van der Waals surface area contributed by atoms with Crippen LogP contribution in [0.2, 0.25) is 0 Å². The van der Waals surface area contributed by atoms with Crippen LogP contribution in [0.5, 0.6) is 0 Å². The average molecular weight is 294 g/mol. The summed E-state index contributed by atoms with van der Waals surface area (Å²) in [4.78, 5) is 5.44. The molecule has 2 aliphatic heterocycles. The Hall–Kier alpha value is -0.120. The minimum Gasteiger partial charge on any atom is -0.396 e. The van der Waals surface area contributed by atoms with E-state index in [1.807, 2.05) is 0 Å². The standard InChI is InChI=1S/C18H34N2O/c1-16-12-19-11-7-4-8-17(19)13-20(16)14-18(15-21)9-5-2-3-6-10-18/h16-17,21H,2-15H2,1H3. The van der Waals surface area contributed by atoms with Gasteiger partial charge in [-0.25, -0.2) is 0 Å². The van der Waals surface area contributed by atoms with Gasteiger partial charge in [0.15, 0.2) is 0 Å². The van der Waals surface area contributed by atoms with Gasteiger partial charge in [-0.1, -0.05) is 32.1 Å². The lowest BCUT2D eigenvalue weighted by Crippen LogP contribution is -2.60. The predicted molar refractivity (Wildman–Crippen MR) is 87.5 cm³/mol. The van der Waals surface area contributed by atoms with Crippen LogP contribution in [0.4, 0.5) is 0 Å². The van der Waals surface area contributed by atoms with Gasteiger partial charge in [0, 0.05) is 43.7 Å². The first-order valence-corrected chi connectivity index (χ1v) is 9.31. The lowest BCUT2D eigenvalue weighted by molar-refractivity contribution is -0.0238. The molecule has 2 saturated heterocycles. The molecule has 0 aromatic carbocycles. The summed E-state index contributed by atoms with van der Waals surface area (Å²) in [6, 6.07) is 1.45. The number of piperazine rings is 1. The van der Waals surface area contributed by atoms with Crippen LogP contribution in [-0.4, -0.2) is 59.8 Å². The summed E-state index contributed by atoms with van der Waals surface area (Å²) in [6.45, 7) is 7.72. The zero-order valence-electron chi connectivity index (χ0n) is 13.9. The van der Waals surface area contributed by atoms with E-state index in [9.17, 15) is 5.11 Å². The first kappa shape index (κ1) is 15.8. The van der Waals surface area contributed by atoms with E-state index in [2.05, 4.69) is 16.7 Å². The van der Waals surface area contributed by atoms with Gasteiger partial charge in [-0.3, -0.25) is 9.80 Å². The van der Waals surface area contributed by atoms with Gasteiger partial charge in [0.05, 0.1) is 0 Å². The molecule has 2 unspecified atom stereocenters. The van der Waals surface area contributed by atoms with Crippen molar-refractivity contribution in [1.82, 2.24) is 9.80 Å². The van der Waals surface area contributed by atoms with Gasteiger partial charge in [0.25, 0.3) is 0 Å². The number of nitrogens with zero attached hydrogens (tertiary/aromatic N) is 2. The van der Waals surface area contributed by atoms with Crippen molar-refractivity contribution in [1.29, 1.82) is 0 Å². The fraction of sp³-hybridized carbons (Fsp3) is 1.00. The van der Waals surface area contributed by atoms with E-state index in [1.54, 1.807) is 0 Å². The van der Waals surface area contributed by atoms with E-state index >= 15 is 0 Å². The lowest BCUT2D eigenvalue weighted by atomic mass is 9.80. The van der Waals surface area contributed by atoms with Gasteiger partial charge < -0.3 is 5.11 Å². The van der Waals surface area contributed by atoms with Gasteiger partial charge in [-0.05, 0) is 39.2 Å². The fourth-order valence-electron chi connectivity index (χ4n) is 4.91. The van der Waals surface area contributed by atoms with Crippen molar-refractivity contribution in [2.24, 2.45) is 5.41 Å². The van der Waals surface area contributed by atoms with E-state index in [1.165, 1.54) is 77.4 Å². The number of fused-ring (bicyclic) bond motifs is 1. The lowest BCUT2D eigenvalue weighted by Gasteiger charge is -2.50. The van der Waals surface area contributed by atoms with Crippen molar-refractivity contribution >= 4 is 0 Å². The van der Waals surface area contributed by atoms with Crippen LogP contribution in [0.25, 0.3) is 0 Å². The molecule has 0 bridgehead atoms. The largest absolute Gasteiger partial charge is 0.396 e. The van der Waals surface area contributed by atoms with Crippen molar-refractivity contribution in [2.75, 3.05) is 32.8 Å². The summed E-state index contributed by atoms with van der Waals surface area (Å²) in [5, 5.41) is 10.1. The zero-order valence-corrected chi connectivity index (χ0v) is 13.9. The number of aliphatic hydroxyl groups excluding tert-OH is 1. The Morgan fingerprint density at radius 3 is 2.48 bits per heavy atom. The summed E-state index contributed by atoms with van der Waals surface area (Å²) in [7, 11) is 0. The SMILES string of the molecule is CC1CN2CCCCC2CN1CC1(CO)CCCCCC1. The van der Waals surface area contributed by atoms with Gasteiger partial charge in [-0.15, -0.1) is 0 Å². The van der Waals surface area contributed by atoms with Crippen LogP contribution in [0.15, 0.2) is 0 Å². The average Bonchev–Trinajstić information content (AvgIpc) is 2.74. The summed E-state index contributed by atoms with van der Waals surface area (Å²) in [5.41, 5.74) is 0.196. The van der Waals surface area contributed by atoms with Crippen molar-refractivity contribution in [3.63, 3.8) is 0 Å². The van der Waals surface area contributed by atoms with Crippen molar-refractivity contribution in [3.8, 4) is 0 Å². The van der Waals surface area contributed by atoms with E-state index in [-0.39, 0.29) is 5.41 Å². The number of hydrogen-bond acceptors (Lipinski definition) is 3. The van der Waals surface area contributed by atoms with Crippen LogP contribution in [0.3, 0.4) is 0 Å². The molecule has 3 rings (SSSR count). The summed E-state index contributed by atoms with van der Waals surface area (Å²) in [6.07, 6.45) is 12.0. The number of aliphatic hydroxyl groups is 1. The second-order valence-electron chi connectivity index (χ2n) is 8.00. The van der Waals surface area contributed by atoms with Gasteiger partial charge >= 0.3 is 0 Å². The van der Waals surface area contributed by atoms with E-state index in [4.69, 9.17) is 0 Å². The first-order valence-electron chi connectivity index (χ1n) is 9.31. The maximum absolute atomic E-state index is 10.1. The third-order valence-corrected chi connectivity index (χ3v) is 6.35. The third kappa shape index (κ3) is 3.62. The molecule has 0 spiro atoms. The Morgan fingerprint density at radius 2 is 1.76 bits per heavy atom. The van der Waals surface area contributed by atoms with Crippen LogP contribution in [0, 0.1) is 5.41 Å². The summed E-state index contributed by atoms with van der Waals surface area (Å²) < 4.78 is 0. The molecule has 0 aromatic heterocycles. The molecule has 3 aliphatic rings. The highest BCUT2D eigenvalue weighted by Crippen LogP contribution is 2.37. The molecule has 1 aliphatic carbocycles. The topological polar surface area (TPSA) is 26.7 Å². The highest BCUT2D eigenvalue weighted by atomic mass is 16.3. The molecular formula is C18H34N2O. The molecule has 0 amide bonds. The molecule has 2 heterocycles. The molecule has 0 aromatic rings. The van der Waals surface area contributed by atoms with E-state index in [0.717, 1.165) is 12.6 Å². The number of rotatable bonds is 3. The maximum Gasteiger partial charge on any atom is 0.0499 e. The Balaban J connectivity index is 1.64. The number of piperidine rings is 1. The Bertz CT molecular complexity index is 325. The van der Waals surface area contributed by atoms with Crippen LogP contribution in [0.1, 0.15) is 64.7 Å². The van der Waals surface area contributed by atoms with Crippen molar-refractivity contribution in [2.45, 2.75) is 76.8 Å². The van der Waals surface area contributed by atoms with Crippen LogP contribution in [-0.2, 0) is 0 Å². The fourth-order valence-corrected chi connectivity index (χ4v) is 4.91. The minimum absolute atomic E-state index is 0.196. The highest BCUT2D eigenvalue weighted by Gasteiger charge is 2.38. The molecule has 1 N–H and O–H groups in total. The predicted octanol–water partition coefficient (Wildman–Crippen LogP) is 2.88. The summed E-state index contributed by atoms with van der Waals surface area (Å²) >= 11 is 0. The molecule has 3 heteroatoms. The normalized spacial score (nSPS) is 35.1. The van der Waals surface area contributed by atoms with Crippen LogP contribution >= 0.6 is 0 Å². The highest BCUT2D eigenvalue weighted by molar-refractivity contribution is 4.93. The van der Waals surface area contributed by atoms with Crippen molar-refractivity contribution in [3.05, 3.63) is 0 Å². The molecular weight excluding hydrogens is 260 g/mol. The molecule has 0 radical (unpaired) electrons. The molecule has 21 heavy (non-hydrogen) atoms.